The zero-order chi connectivity index (χ0) is 11.7. The molecule has 0 aromatic heterocycles. The SMILES string of the molecule is O=C1CC(CBr)CN1c1cc(Cl)cc(Cl)c1. The van der Waals surface area contributed by atoms with E-state index >= 15 is 0 Å². The summed E-state index contributed by atoms with van der Waals surface area (Å²) in [5.74, 6) is 0.494. The topological polar surface area (TPSA) is 20.3 Å². The highest BCUT2D eigenvalue weighted by Crippen LogP contribution is 2.30. The molecule has 0 bridgehead atoms. The van der Waals surface area contributed by atoms with E-state index in [0.717, 1.165) is 17.6 Å². The molecule has 1 saturated heterocycles. The smallest absolute Gasteiger partial charge is 0.227 e. The van der Waals surface area contributed by atoms with Gasteiger partial charge in [-0.2, -0.15) is 0 Å². The van der Waals surface area contributed by atoms with Gasteiger partial charge in [0.2, 0.25) is 5.91 Å². The normalized spacial score (nSPS) is 20.6. The molecule has 0 spiro atoms. The van der Waals surface area contributed by atoms with Crippen molar-refractivity contribution in [1.82, 2.24) is 0 Å². The predicted molar refractivity (Wildman–Crippen MR) is 70.7 cm³/mol. The number of rotatable bonds is 2. The zero-order valence-corrected chi connectivity index (χ0v) is 11.5. The fraction of sp³-hybridized carbons (Fsp3) is 0.364. The summed E-state index contributed by atoms with van der Waals surface area (Å²) < 4.78 is 0. The van der Waals surface area contributed by atoms with E-state index in [2.05, 4.69) is 15.9 Å². The Morgan fingerprint density at radius 1 is 1.31 bits per heavy atom. The van der Waals surface area contributed by atoms with Crippen LogP contribution in [0.15, 0.2) is 18.2 Å². The highest BCUT2D eigenvalue weighted by molar-refractivity contribution is 9.09. The Bertz CT molecular complexity index is 404. The number of carbonyl (C=O) groups excluding carboxylic acids is 1. The van der Waals surface area contributed by atoms with E-state index in [1.54, 1.807) is 23.1 Å². The molecule has 1 amide bonds. The minimum atomic E-state index is 0.128. The summed E-state index contributed by atoms with van der Waals surface area (Å²) in [7, 11) is 0. The Labute approximate surface area is 113 Å². The molecular weight excluding hydrogens is 313 g/mol. The molecule has 2 nitrogen and oxygen atoms in total. The summed E-state index contributed by atoms with van der Waals surface area (Å²) in [6.45, 7) is 0.723. The lowest BCUT2D eigenvalue weighted by Crippen LogP contribution is -2.24. The Morgan fingerprint density at radius 3 is 2.44 bits per heavy atom. The van der Waals surface area contributed by atoms with Gasteiger partial charge in [0.15, 0.2) is 0 Å². The van der Waals surface area contributed by atoms with Gasteiger partial charge < -0.3 is 4.90 Å². The first-order valence-corrected chi connectivity index (χ1v) is 6.80. The van der Waals surface area contributed by atoms with Crippen molar-refractivity contribution in [3.05, 3.63) is 28.2 Å². The van der Waals surface area contributed by atoms with Crippen molar-refractivity contribution in [3.63, 3.8) is 0 Å². The molecule has 0 aliphatic carbocycles. The average Bonchev–Trinajstić information content (AvgIpc) is 2.58. The largest absolute Gasteiger partial charge is 0.312 e. The number of amides is 1. The Balaban J connectivity index is 2.27. The van der Waals surface area contributed by atoms with Crippen LogP contribution in [0.2, 0.25) is 10.0 Å². The molecular formula is C11H10BrCl2NO. The maximum absolute atomic E-state index is 11.8. The van der Waals surface area contributed by atoms with Crippen LogP contribution >= 0.6 is 39.1 Å². The van der Waals surface area contributed by atoms with Gasteiger partial charge in [-0.15, -0.1) is 0 Å². The van der Waals surface area contributed by atoms with Crippen LogP contribution in [0.4, 0.5) is 5.69 Å². The van der Waals surface area contributed by atoms with E-state index in [0.29, 0.717) is 22.4 Å². The van der Waals surface area contributed by atoms with Gasteiger partial charge in [-0.1, -0.05) is 39.1 Å². The highest BCUT2D eigenvalue weighted by atomic mass is 79.9. The van der Waals surface area contributed by atoms with Gasteiger partial charge in [0, 0.05) is 34.0 Å². The first-order chi connectivity index (χ1) is 7.60. The van der Waals surface area contributed by atoms with Gasteiger partial charge >= 0.3 is 0 Å². The molecule has 0 radical (unpaired) electrons. The van der Waals surface area contributed by atoms with Crippen molar-refractivity contribution in [1.29, 1.82) is 0 Å². The number of alkyl halides is 1. The summed E-state index contributed by atoms with van der Waals surface area (Å²) in [5.41, 5.74) is 0.783. The molecule has 2 rings (SSSR count). The lowest BCUT2D eigenvalue weighted by molar-refractivity contribution is -0.117. The summed E-state index contributed by atoms with van der Waals surface area (Å²) in [6.07, 6.45) is 0.579. The van der Waals surface area contributed by atoms with Crippen molar-refractivity contribution in [3.8, 4) is 0 Å². The zero-order valence-electron chi connectivity index (χ0n) is 8.42. The number of benzene rings is 1. The second-order valence-corrected chi connectivity index (χ2v) is 5.38. The number of nitrogens with zero attached hydrogens (tertiary/aromatic N) is 1. The lowest BCUT2D eigenvalue weighted by Gasteiger charge is -2.17. The van der Waals surface area contributed by atoms with Crippen molar-refractivity contribution in [2.45, 2.75) is 6.42 Å². The molecule has 86 valence electrons. The molecule has 1 aromatic carbocycles. The van der Waals surface area contributed by atoms with Crippen molar-refractivity contribution in [2.24, 2.45) is 5.92 Å². The second-order valence-electron chi connectivity index (χ2n) is 3.86. The number of hydrogen-bond acceptors (Lipinski definition) is 1. The van der Waals surface area contributed by atoms with E-state index in [-0.39, 0.29) is 5.91 Å². The lowest BCUT2D eigenvalue weighted by atomic mass is 10.2. The van der Waals surface area contributed by atoms with Crippen LogP contribution in [-0.4, -0.2) is 17.8 Å². The summed E-state index contributed by atoms with van der Waals surface area (Å²) in [4.78, 5) is 13.5. The molecule has 16 heavy (non-hydrogen) atoms. The van der Waals surface area contributed by atoms with Crippen LogP contribution in [0.3, 0.4) is 0 Å². The van der Waals surface area contributed by atoms with Crippen LogP contribution in [-0.2, 0) is 4.79 Å². The third-order valence-corrected chi connectivity index (χ3v) is 3.93. The number of anilines is 1. The minimum absolute atomic E-state index is 0.128. The van der Waals surface area contributed by atoms with E-state index in [1.807, 2.05) is 0 Å². The van der Waals surface area contributed by atoms with Crippen molar-refractivity contribution in [2.75, 3.05) is 16.8 Å². The quantitative estimate of drug-likeness (QED) is 0.759. The maximum atomic E-state index is 11.8. The Morgan fingerprint density at radius 2 is 1.94 bits per heavy atom. The first-order valence-electron chi connectivity index (χ1n) is 4.92. The number of halogens is 3. The monoisotopic (exact) mass is 321 g/mol. The van der Waals surface area contributed by atoms with Gasteiger partial charge in [-0.05, 0) is 24.1 Å². The molecule has 1 fully saturated rings. The van der Waals surface area contributed by atoms with Crippen molar-refractivity contribution >= 4 is 50.7 Å². The van der Waals surface area contributed by atoms with E-state index in [1.165, 1.54) is 0 Å². The molecule has 1 aliphatic rings. The van der Waals surface area contributed by atoms with Gasteiger partial charge in [0.05, 0.1) is 0 Å². The molecule has 1 heterocycles. The van der Waals surface area contributed by atoms with Crippen LogP contribution < -0.4 is 4.90 Å². The standard InChI is InChI=1S/C11H10BrCl2NO/c12-5-7-1-11(16)15(6-7)10-3-8(13)2-9(14)4-10/h2-4,7H,1,5-6H2. The Hall–Kier alpha value is -0.250. The van der Waals surface area contributed by atoms with Crippen LogP contribution in [0.5, 0.6) is 0 Å². The molecule has 1 aliphatic heterocycles. The third-order valence-electron chi connectivity index (χ3n) is 2.58. The number of hydrogen-bond donors (Lipinski definition) is 0. The van der Waals surface area contributed by atoms with E-state index in [9.17, 15) is 4.79 Å². The van der Waals surface area contributed by atoms with Gasteiger partial charge in [0.25, 0.3) is 0 Å². The van der Waals surface area contributed by atoms with Gasteiger partial charge in [0.1, 0.15) is 0 Å². The molecule has 5 heteroatoms. The Kier molecular flexibility index (Phi) is 3.77. The van der Waals surface area contributed by atoms with Crippen LogP contribution in [0, 0.1) is 5.92 Å². The molecule has 1 atom stereocenters. The summed E-state index contributed by atoms with van der Waals surface area (Å²) in [6, 6.07) is 5.19. The van der Waals surface area contributed by atoms with E-state index in [4.69, 9.17) is 23.2 Å². The van der Waals surface area contributed by atoms with Crippen molar-refractivity contribution < 1.29 is 4.79 Å². The van der Waals surface area contributed by atoms with Crippen LogP contribution in [0.25, 0.3) is 0 Å². The van der Waals surface area contributed by atoms with Gasteiger partial charge in [-0.25, -0.2) is 0 Å². The third kappa shape index (κ3) is 2.53. The molecule has 0 N–H and O–H groups in total. The molecule has 1 unspecified atom stereocenters. The van der Waals surface area contributed by atoms with Crippen LogP contribution in [0.1, 0.15) is 6.42 Å². The minimum Gasteiger partial charge on any atom is -0.312 e. The fourth-order valence-electron chi connectivity index (χ4n) is 1.83. The fourth-order valence-corrected chi connectivity index (χ4v) is 2.78. The number of carbonyl (C=O) groups is 1. The average molecular weight is 323 g/mol. The molecule has 0 saturated carbocycles. The highest BCUT2D eigenvalue weighted by Gasteiger charge is 2.29. The summed E-state index contributed by atoms with van der Waals surface area (Å²) in [5, 5.41) is 1.94. The van der Waals surface area contributed by atoms with Gasteiger partial charge in [-0.3, -0.25) is 4.79 Å². The summed E-state index contributed by atoms with van der Waals surface area (Å²) >= 11 is 15.2. The second kappa shape index (κ2) is 4.94. The predicted octanol–water partition coefficient (Wildman–Crippen LogP) is 3.74. The maximum Gasteiger partial charge on any atom is 0.227 e. The van der Waals surface area contributed by atoms with E-state index < -0.39 is 0 Å². The molecule has 1 aromatic rings. The first kappa shape index (κ1) is 12.2.